The Balaban J connectivity index is 1.30. The summed E-state index contributed by atoms with van der Waals surface area (Å²) in [6.45, 7) is 20.1. The van der Waals surface area contributed by atoms with E-state index in [4.69, 9.17) is 16.3 Å². The fourth-order valence-electron chi connectivity index (χ4n) is 13.7. The van der Waals surface area contributed by atoms with Gasteiger partial charge < -0.3 is 24.7 Å². The SMILES string of the molecule is CC(C)C1=C2[C@H]3CCC4[C@@]5(C)CC[C@H](OC(=O)CC(C)(C)C(=O)O)C(C)(C)[C@@H]5CC[C@@]4(C)[C@]3(C)CC[C@@]2([C@@H](O)CN(Cc2ccc(Cl)cc2)C(=O)CN(C)C)CC1=O. The van der Waals surface area contributed by atoms with Crippen LogP contribution in [0.15, 0.2) is 35.4 Å². The van der Waals surface area contributed by atoms with Gasteiger partial charge in [-0.1, -0.05) is 77.8 Å². The smallest absolute Gasteiger partial charge is 0.309 e. The third-order valence-corrected chi connectivity index (χ3v) is 17.2. The Labute approximate surface area is 352 Å². The van der Waals surface area contributed by atoms with Crippen LogP contribution in [0.2, 0.25) is 5.02 Å². The Morgan fingerprint density at radius 2 is 1.57 bits per heavy atom. The lowest BCUT2D eigenvalue weighted by molar-refractivity contribution is -0.235. The summed E-state index contributed by atoms with van der Waals surface area (Å²) in [4.78, 5) is 56.7. The number of aliphatic hydroxyl groups excluding tert-OH is 1. The maximum atomic E-state index is 14.3. The molecule has 9 atom stereocenters. The third-order valence-electron chi connectivity index (χ3n) is 17.0. The number of halogens is 1. The Bertz CT molecular complexity index is 1820. The van der Waals surface area contributed by atoms with Gasteiger partial charge in [-0.15, -0.1) is 0 Å². The van der Waals surface area contributed by atoms with Crippen molar-refractivity contribution >= 4 is 35.2 Å². The monoisotopic (exact) mass is 822 g/mol. The predicted octanol–water partition coefficient (Wildman–Crippen LogP) is 8.98. The number of ether oxygens (including phenoxy) is 1. The van der Waals surface area contributed by atoms with E-state index in [1.807, 2.05) is 43.3 Å². The molecule has 5 aliphatic rings. The number of carboxylic acid groups (broad SMARTS) is 1. The number of Topliss-reactive ketones (excluding diaryl/α,β-unsaturated/α-hetero) is 1. The molecule has 0 heterocycles. The molecule has 0 radical (unpaired) electrons. The molecule has 1 amide bonds. The van der Waals surface area contributed by atoms with Crippen molar-refractivity contribution in [3.8, 4) is 0 Å². The van der Waals surface area contributed by atoms with E-state index in [2.05, 4.69) is 48.5 Å². The number of allylic oxidation sites excluding steroid dienone is 1. The molecule has 1 unspecified atom stereocenters. The summed E-state index contributed by atoms with van der Waals surface area (Å²) in [6, 6.07) is 7.50. The molecule has 0 spiro atoms. The molecule has 1 aromatic carbocycles. The van der Waals surface area contributed by atoms with Crippen molar-refractivity contribution in [1.29, 1.82) is 0 Å². The van der Waals surface area contributed by atoms with Gasteiger partial charge in [0.1, 0.15) is 6.10 Å². The Hall–Kier alpha value is -2.75. The zero-order valence-electron chi connectivity index (χ0n) is 37.2. The van der Waals surface area contributed by atoms with Gasteiger partial charge in [0.15, 0.2) is 5.78 Å². The molecule has 0 aromatic heterocycles. The van der Waals surface area contributed by atoms with Crippen LogP contribution in [0.1, 0.15) is 132 Å². The number of benzene rings is 1. The van der Waals surface area contributed by atoms with Crippen molar-refractivity contribution in [1.82, 2.24) is 9.80 Å². The maximum Gasteiger partial charge on any atom is 0.309 e. The van der Waals surface area contributed by atoms with Gasteiger partial charge in [-0.05, 0) is 142 Å². The summed E-state index contributed by atoms with van der Waals surface area (Å²) in [5.74, 6) is -0.430. The summed E-state index contributed by atoms with van der Waals surface area (Å²) in [5, 5.41) is 22.9. The largest absolute Gasteiger partial charge is 0.481 e. The fourth-order valence-corrected chi connectivity index (χ4v) is 13.9. The Morgan fingerprint density at radius 3 is 2.17 bits per heavy atom. The van der Waals surface area contributed by atoms with E-state index in [9.17, 15) is 29.4 Å². The number of aliphatic hydroxyl groups is 1. The molecule has 4 saturated carbocycles. The van der Waals surface area contributed by atoms with Gasteiger partial charge in [0.05, 0.1) is 24.5 Å². The normalized spacial score (nSPS) is 34.8. The van der Waals surface area contributed by atoms with E-state index in [0.29, 0.717) is 29.8 Å². The summed E-state index contributed by atoms with van der Waals surface area (Å²) >= 11 is 6.20. The number of hydrogen-bond donors (Lipinski definition) is 2. The molecular formula is C48H71ClN2O7. The number of carbonyl (C=O) groups excluding carboxylic acids is 3. The van der Waals surface area contributed by atoms with Crippen LogP contribution in [0.3, 0.4) is 0 Å². The summed E-state index contributed by atoms with van der Waals surface area (Å²) in [5.41, 5.74) is 0.730. The number of ketones is 1. The average Bonchev–Trinajstić information content (AvgIpc) is 3.43. The highest BCUT2D eigenvalue weighted by atomic mass is 35.5. The average molecular weight is 824 g/mol. The van der Waals surface area contributed by atoms with Crippen LogP contribution in [0.25, 0.3) is 0 Å². The molecule has 1 aromatic rings. The van der Waals surface area contributed by atoms with Gasteiger partial charge in [-0.3, -0.25) is 19.2 Å². The maximum absolute atomic E-state index is 14.3. The zero-order chi connectivity index (χ0) is 43.0. The van der Waals surface area contributed by atoms with Gasteiger partial charge in [0, 0.05) is 35.4 Å². The van der Waals surface area contributed by atoms with Gasteiger partial charge >= 0.3 is 11.9 Å². The number of esters is 1. The highest BCUT2D eigenvalue weighted by Gasteiger charge is 2.71. The number of hydrogen-bond acceptors (Lipinski definition) is 7. The molecule has 322 valence electrons. The minimum absolute atomic E-state index is 0.0114. The number of rotatable bonds is 12. The van der Waals surface area contributed by atoms with Crippen molar-refractivity contribution in [2.75, 3.05) is 27.2 Å². The van der Waals surface area contributed by atoms with Crippen LogP contribution in [0.4, 0.5) is 0 Å². The topological polar surface area (TPSA) is 124 Å². The summed E-state index contributed by atoms with van der Waals surface area (Å²) in [7, 11) is 3.75. The molecule has 9 nitrogen and oxygen atoms in total. The van der Waals surface area contributed by atoms with Crippen molar-refractivity contribution in [2.45, 2.75) is 145 Å². The molecule has 0 aliphatic heterocycles. The third kappa shape index (κ3) is 7.39. The highest BCUT2D eigenvalue weighted by molar-refractivity contribution is 6.30. The molecule has 5 aliphatic carbocycles. The van der Waals surface area contributed by atoms with Crippen LogP contribution in [-0.4, -0.2) is 83.0 Å². The predicted molar refractivity (Wildman–Crippen MR) is 227 cm³/mol. The van der Waals surface area contributed by atoms with E-state index >= 15 is 0 Å². The Morgan fingerprint density at radius 1 is 0.914 bits per heavy atom. The van der Waals surface area contributed by atoms with Crippen LogP contribution in [0, 0.1) is 56.2 Å². The van der Waals surface area contributed by atoms with Crippen molar-refractivity contribution in [3.63, 3.8) is 0 Å². The van der Waals surface area contributed by atoms with E-state index in [0.717, 1.165) is 56.1 Å². The van der Waals surface area contributed by atoms with Gasteiger partial charge in [0.25, 0.3) is 0 Å². The van der Waals surface area contributed by atoms with E-state index in [1.165, 1.54) is 5.57 Å². The molecule has 4 fully saturated rings. The lowest BCUT2D eigenvalue weighted by atomic mass is 9.33. The van der Waals surface area contributed by atoms with Gasteiger partial charge in [0.2, 0.25) is 5.91 Å². The summed E-state index contributed by atoms with van der Waals surface area (Å²) in [6.07, 6.45) is 6.25. The molecule has 10 heteroatoms. The minimum atomic E-state index is -1.19. The number of fused-ring (bicyclic) bond motifs is 7. The van der Waals surface area contributed by atoms with Gasteiger partial charge in [-0.25, -0.2) is 0 Å². The first-order valence-electron chi connectivity index (χ1n) is 21.9. The van der Waals surface area contributed by atoms with Crippen molar-refractivity contribution in [2.24, 2.45) is 56.2 Å². The molecule has 6 rings (SSSR count). The first-order chi connectivity index (χ1) is 26.8. The summed E-state index contributed by atoms with van der Waals surface area (Å²) < 4.78 is 6.18. The first-order valence-corrected chi connectivity index (χ1v) is 22.3. The highest BCUT2D eigenvalue weighted by Crippen LogP contribution is 2.77. The molecular weight excluding hydrogens is 752 g/mol. The first kappa shape index (κ1) is 44.8. The van der Waals surface area contributed by atoms with E-state index in [-0.39, 0.29) is 77.2 Å². The van der Waals surface area contributed by atoms with Crippen LogP contribution < -0.4 is 0 Å². The second kappa shape index (κ2) is 15.6. The lowest BCUT2D eigenvalue weighted by Gasteiger charge is -2.72. The van der Waals surface area contributed by atoms with Gasteiger partial charge in [-0.2, -0.15) is 0 Å². The quantitative estimate of drug-likeness (QED) is 0.200. The second-order valence-corrected chi connectivity index (χ2v) is 22.1. The molecule has 0 bridgehead atoms. The number of likely N-dealkylation sites (N-methyl/N-ethyl adjacent to an activating group) is 1. The van der Waals surface area contributed by atoms with Crippen molar-refractivity contribution in [3.05, 3.63) is 46.0 Å². The van der Waals surface area contributed by atoms with Crippen LogP contribution in [-0.2, 0) is 30.5 Å². The standard InChI is InChI=1S/C48H71ClN2O7/c1-29(2)40-33(52)24-48(36(53)27-51(38(54)28-50(10)11)26-30-12-14-31(49)15-13-30)23-22-46(8)32(41(40)48)16-17-35-45(7)20-19-37(58-39(55)25-43(3,4)42(56)57)44(5,6)34(45)18-21-47(35,46)9/h12-15,29,32,34-37,53H,16-28H2,1-11H3,(H,56,57)/t32-,34+,35?,36+,37+,45+,46-,47-,48+/m1/s1. The number of carboxylic acids is 1. The molecule has 0 saturated heterocycles. The Kier molecular flexibility index (Phi) is 12.1. The second-order valence-electron chi connectivity index (χ2n) is 21.7. The van der Waals surface area contributed by atoms with E-state index < -0.39 is 28.9 Å². The zero-order valence-corrected chi connectivity index (χ0v) is 37.9. The number of aliphatic carboxylic acids is 1. The van der Waals surface area contributed by atoms with E-state index in [1.54, 1.807) is 18.7 Å². The minimum Gasteiger partial charge on any atom is -0.481 e. The number of nitrogens with zero attached hydrogens (tertiary/aromatic N) is 2. The van der Waals surface area contributed by atoms with Crippen LogP contribution >= 0.6 is 11.6 Å². The number of carbonyl (C=O) groups is 4. The lowest BCUT2D eigenvalue weighted by Crippen LogP contribution is -2.66. The molecule has 58 heavy (non-hydrogen) atoms. The number of amides is 1. The van der Waals surface area contributed by atoms with Crippen molar-refractivity contribution < 1.29 is 34.1 Å². The fraction of sp³-hybridized carbons (Fsp3) is 0.750. The van der Waals surface area contributed by atoms with Crippen LogP contribution in [0.5, 0.6) is 0 Å². The molecule has 2 N–H and O–H groups in total.